The maximum absolute atomic E-state index is 5.71. The molecule has 0 saturated carbocycles. The SMILES string of the molecule is Cc1cn(-c2ccc(N)cc2CN)cn1. The van der Waals surface area contributed by atoms with Crippen LogP contribution >= 0.6 is 0 Å². The van der Waals surface area contributed by atoms with Crippen LogP contribution in [0, 0.1) is 6.92 Å². The smallest absolute Gasteiger partial charge is 0.0995 e. The largest absolute Gasteiger partial charge is 0.399 e. The summed E-state index contributed by atoms with van der Waals surface area (Å²) in [6, 6.07) is 5.72. The Morgan fingerprint density at radius 1 is 1.40 bits per heavy atom. The molecule has 0 aliphatic carbocycles. The molecule has 15 heavy (non-hydrogen) atoms. The van der Waals surface area contributed by atoms with Gasteiger partial charge in [-0.05, 0) is 30.7 Å². The fourth-order valence-corrected chi connectivity index (χ4v) is 1.57. The minimum atomic E-state index is 0.470. The highest BCUT2D eigenvalue weighted by molar-refractivity contribution is 5.51. The van der Waals surface area contributed by atoms with Gasteiger partial charge in [0.1, 0.15) is 0 Å². The first-order valence-electron chi connectivity index (χ1n) is 4.80. The van der Waals surface area contributed by atoms with Gasteiger partial charge < -0.3 is 16.0 Å². The number of hydrogen-bond acceptors (Lipinski definition) is 3. The summed E-state index contributed by atoms with van der Waals surface area (Å²) >= 11 is 0. The number of anilines is 1. The Hall–Kier alpha value is -1.81. The first kappa shape index (κ1) is 9.73. The lowest BCUT2D eigenvalue weighted by molar-refractivity contribution is 0.983. The Labute approximate surface area is 88.5 Å². The predicted molar refractivity (Wildman–Crippen MR) is 60.6 cm³/mol. The number of nitrogens with two attached hydrogens (primary N) is 2. The molecule has 0 unspecified atom stereocenters. The molecule has 2 aromatic rings. The molecular weight excluding hydrogens is 188 g/mol. The lowest BCUT2D eigenvalue weighted by Crippen LogP contribution is -2.04. The van der Waals surface area contributed by atoms with Crippen molar-refractivity contribution < 1.29 is 0 Å². The van der Waals surface area contributed by atoms with Crippen molar-refractivity contribution in [1.82, 2.24) is 9.55 Å². The lowest BCUT2D eigenvalue weighted by Gasteiger charge is -2.08. The number of rotatable bonds is 2. The van der Waals surface area contributed by atoms with E-state index in [2.05, 4.69) is 4.98 Å². The summed E-state index contributed by atoms with van der Waals surface area (Å²) in [5, 5.41) is 0. The molecule has 1 heterocycles. The third kappa shape index (κ3) is 1.85. The summed E-state index contributed by atoms with van der Waals surface area (Å²) in [4.78, 5) is 4.18. The van der Waals surface area contributed by atoms with Crippen molar-refractivity contribution in [3.05, 3.63) is 42.0 Å². The summed E-state index contributed by atoms with van der Waals surface area (Å²) in [6.07, 6.45) is 3.74. The van der Waals surface area contributed by atoms with E-state index in [9.17, 15) is 0 Å². The Kier molecular flexibility index (Phi) is 2.43. The molecule has 0 amide bonds. The van der Waals surface area contributed by atoms with Gasteiger partial charge in [-0.25, -0.2) is 4.98 Å². The molecule has 2 rings (SSSR count). The van der Waals surface area contributed by atoms with Gasteiger partial charge in [0, 0.05) is 18.4 Å². The summed E-state index contributed by atoms with van der Waals surface area (Å²) in [7, 11) is 0. The zero-order valence-electron chi connectivity index (χ0n) is 8.64. The predicted octanol–water partition coefficient (Wildman–Crippen LogP) is 1.22. The Balaban J connectivity index is 2.52. The van der Waals surface area contributed by atoms with Crippen LogP contribution in [0.3, 0.4) is 0 Å². The van der Waals surface area contributed by atoms with E-state index < -0.39 is 0 Å². The van der Waals surface area contributed by atoms with Gasteiger partial charge in [-0.2, -0.15) is 0 Å². The molecule has 1 aromatic carbocycles. The average Bonchev–Trinajstić information content (AvgIpc) is 2.64. The molecule has 0 saturated heterocycles. The topological polar surface area (TPSA) is 69.9 Å². The number of nitrogens with zero attached hydrogens (tertiary/aromatic N) is 2. The van der Waals surface area contributed by atoms with Crippen molar-refractivity contribution in [2.45, 2.75) is 13.5 Å². The minimum Gasteiger partial charge on any atom is -0.399 e. The van der Waals surface area contributed by atoms with Crippen molar-refractivity contribution in [3.8, 4) is 5.69 Å². The second-order valence-electron chi connectivity index (χ2n) is 3.51. The van der Waals surface area contributed by atoms with Crippen LogP contribution in [0.15, 0.2) is 30.7 Å². The molecule has 4 N–H and O–H groups in total. The maximum atomic E-state index is 5.71. The number of benzene rings is 1. The third-order valence-electron chi connectivity index (χ3n) is 2.31. The zero-order valence-corrected chi connectivity index (χ0v) is 8.64. The Morgan fingerprint density at radius 2 is 2.20 bits per heavy atom. The molecule has 78 valence electrons. The molecule has 0 spiro atoms. The van der Waals surface area contributed by atoms with Crippen LogP contribution in [0.1, 0.15) is 11.3 Å². The molecule has 0 fully saturated rings. The monoisotopic (exact) mass is 202 g/mol. The van der Waals surface area contributed by atoms with Crippen LogP contribution in [0.25, 0.3) is 5.69 Å². The third-order valence-corrected chi connectivity index (χ3v) is 2.31. The highest BCUT2D eigenvalue weighted by Crippen LogP contribution is 2.17. The van der Waals surface area contributed by atoms with Crippen LogP contribution in [-0.4, -0.2) is 9.55 Å². The molecule has 0 atom stereocenters. The molecule has 4 heteroatoms. The first-order valence-corrected chi connectivity index (χ1v) is 4.80. The fraction of sp³-hybridized carbons (Fsp3) is 0.182. The minimum absolute atomic E-state index is 0.470. The Bertz CT molecular complexity index is 473. The van der Waals surface area contributed by atoms with Crippen LogP contribution in [0.2, 0.25) is 0 Å². The van der Waals surface area contributed by atoms with Gasteiger partial charge in [0.25, 0.3) is 0 Å². The van der Waals surface area contributed by atoms with Crippen molar-refractivity contribution >= 4 is 5.69 Å². The molecule has 1 aromatic heterocycles. The van der Waals surface area contributed by atoms with Crippen molar-refractivity contribution in [2.24, 2.45) is 5.73 Å². The molecule has 4 nitrogen and oxygen atoms in total. The highest BCUT2D eigenvalue weighted by Gasteiger charge is 2.04. The van der Waals surface area contributed by atoms with E-state index >= 15 is 0 Å². The van der Waals surface area contributed by atoms with Crippen molar-refractivity contribution in [2.75, 3.05) is 5.73 Å². The second-order valence-corrected chi connectivity index (χ2v) is 3.51. The molecule has 0 bridgehead atoms. The van der Waals surface area contributed by atoms with Crippen molar-refractivity contribution in [3.63, 3.8) is 0 Å². The number of nitrogen functional groups attached to an aromatic ring is 1. The van der Waals surface area contributed by atoms with Gasteiger partial charge in [0.15, 0.2) is 0 Å². The fourth-order valence-electron chi connectivity index (χ4n) is 1.57. The van der Waals surface area contributed by atoms with E-state index in [1.807, 2.05) is 35.9 Å². The highest BCUT2D eigenvalue weighted by atomic mass is 15.0. The van der Waals surface area contributed by atoms with E-state index in [1.54, 1.807) is 6.33 Å². The van der Waals surface area contributed by atoms with E-state index in [1.165, 1.54) is 0 Å². The van der Waals surface area contributed by atoms with Gasteiger partial charge in [-0.3, -0.25) is 0 Å². The van der Waals surface area contributed by atoms with Crippen molar-refractivity contribution in [1.29, 1.82) is 0 Å². The van der Waals surface area contributed by atoms with E-state index in [4.69, 9.17) is 11.5 Å². The van der Waals surface area contributed by atoms with Gasteiger partial charge in [-0.1, -0.05) is 0 Å². The molecule has 0 aliphatic rings. The van der Waals surface area contributed by atoms with Gasteiger partial charge in [-0.15, -0.1) is 0 Å². The van der Waals surface area contributed by atoms with E-state index in [0.29, 0.717) is 6.54 Å². The average molecular weight is 202 g/mol. The number of aromatic nitrogens is 2. The van der Waals surface area contributed by atoms with E-state index in [0.717, 1.165) is 22.6 Å². The van der Waals surface area contributed by atoms with Gasteiger partial charge >= 0.3 is 0 Å². The van der Waals surface area contributed by atoms with Crippen LogP contribution in [-0.2, 0) is 6.54 Å². The molecule has 0 aliphatic heterocycles. The quantitative estimate of drug-likeness (QED) is 0.719. The van der Waals surface area contributed by atoms with Crippen LogP contribution < -0.4 is 11.5 Å². The normalized spacial score (nSPS) is 10.5. The second kappa shape index (κ2) is 3.74. The lowest BCUT2D eigenvalue weighted by atomic mass is 10.1. The maximum Gasteiger partial charge on any atom is 0.0995 e. The Morgan fingerprint density at radius 3 is 2.80 bits per heavy atom. The summed E-state index contributed by atoms with van der Waals surface area (Å²) in [5.41, 5.74) is 15.1. The molecular formula is C11H14N4. The molecule has 0 radical (unpaired) electrons. The van der Waals surface area contributed by atoms with Gasteiger partial charge in [0.2, 0.25) is 0 Å². The van der Waals surface area contributed by atoms with Crippen LogP contribution in [0.5, 0.6) is 0 Å². The first-order chi connectivity index (χ1) is 7.20. The number of hydrogen-bond donors (Lipinski definition) is 2. The number of imidazole rings is 1. The summed E-state index contributed by atoms with van der Waals surface area (Å²) < 4.78 is 1.96. The van der Waals surface area contributed by atoms with Crippen LogP contribution in [0.4, 0.5) is 5.69 Å². The summed E-state index contributed by atoms with van der Waals surface area (Å²) in [5.74, 6) is 0. The zero-order chi connectivity index (χ0) is 10.8. The standard InChI is InChI=1S/C11H14N4/c1-8-6-15(7-14-8)11-3-2-10(13)4-9(11)5-12/h2-4,6-7H,5,12-13H2,1H3. The summed E-state index contributed by atoms with van der Waals surface area (Å²) in [6.45, 7) is 2.42. The number of aryl methyl sites for hydroxylation is 1. The van der Waals surface area contributed by atoms with Gasteiger partial charge in [0.05, 0.1) is 17.7 Å². The van der Waals surface area contributed by atoms with E-state index in [-0.39, 0.29) is 0 Å².